The Morgan fingerprint density at radius 1 is 0.735 bits per heavy atom. The normalized spacial score (nSPS) is 18.0. The number of hydrogen-bond donors (Lipinski definition) is 0. The van der Waals surface area contributed by atoms with Crippen LogP contribution in [0.15, 0.2) is 48.5 Å². The van der Waals surface area contributed by atoms with Crippen molar-refractivity contribution in [3.63, 3.8) is 0 Å². The monoisotopic (exact) mass is 462 g/mol. The van der Waals surface area contributed by atoms with Crippen LogP contribution in [0.5, 0.6) is 0 Å². The van der Waals surface area contributed by atoms with Crippen molar-refractivity contribution in [3.8, 4) is 11.8 Å². The maximum absolute atomic E-state index is 14.8. The molecule has 0 nitrogen and oxygen atoms in total. The SMILES string of the molecule is CCCCCCCc1ccc(C2CCC(C#Cc3ccc4cc(F)c(F)cc4c3)CC2)c(F)c1. The molecule has 4 rings (SSSR count). The summed E-state index contributed by atoms with van der Waals surface area (Å²) < 4.78 is 41.8. The third kappa shape index (κ3) is 6.23. The fourth-order valence-corrected chi connectivity index (χ4v) is 5.04. The quantitative estimate of drug-likeness (QED) is 0.243. The van der Waals surface area contributed by atoms with Crippen molar-refractivity contribution >= 4 is 10.8 Å². The number of halogens is 3. The van der Waals surface area contributed by atoms with Crippen molar-refractivity contribution < 1.29 is 13.2 Å². The summed E-state index contributed by atoms with van der Waals surface area (Å²) in [6, 6.07) is 13.7. The summed E-state index contributed by atoms with van der Waals surface area (Å²) in [7, 11) is 0. The highest BCUT2D eigenvalue weighted by Gasteiger charge is 2.23. The molecule has 1 fully saturated rings. The van der Waals surface area contributed by atoms with E-state index in [1.807, 2.05) is 12.1 Å². The second kappa shape index (κ2) is 11.6. The Hall–Kier alpha value is -2.73. The average Bonchev–Trinajstić information content (AvgIpc) is 2.84. The molecule has 0 aliphatic heterocycles. The van der Waals surface area contributed by atoms with E-state index in [4.69, 9.17) is 0 Å². The van der Waals surface area contributed by atoms with Crippen LogP contribution in [0.2, 0.25) is 0 Å². The summed E-state index contributed by atoms with van der Waals surface area (Å²) >= 11 is 0. The molecule has 0 unspecified atom stereocenters. The topological polar surface area (TPSA) is 0 Å². The van der Waals surface area contributed by atoms with Gasteiger partial charge in [0.25, 0.3) is 0 Å². The second-order valence-corrected chi connectivity index (χ2v) is 9.67. The van der Waals surface area contributed by atoms with E-state index in [9.17, 15) is 13.2 Å². The zero-order chi connectivity index (χ0) is 23.9. The van der Waals surface area contributed by atoms with E-state index in [1.54, 1.807) is 18.2 Å². The van der Waals surface area contributed by atoms with Crippen LogP contribution < -0.4 is 0 Å². The number of aryl methyl sites for hydroxylation is 1. The van der Waals surface area contributed by atoms with Crippen molar-refractivity contribution in [1.82, 2.24) is 0 Å². The zero-order valence-corrected chi connectivity index (χ0v) is 20.0. The summed E-state index contributed by atoms with van der Waals surface area (Å²) in [5, 5.41) is 1.31. The second-order valence-electron chi connectivity index (χ2n) is 9.67. The van der Waals surface area contributed by atoms with Gasteiger partial charge in [-0.2, -0.15) is 0 Å². The molecule has 0 amide bonds. The van der Waals surface area contributed by atoms with Crippen LogP contribution in [0, 0.1) is 35.2 Å². The smallest absolute Gasteiger partial charge is 0.159 e. The predicted molar refractivity (Wildman–Crippen MR) is 134 cm³/mol. The van der Waals surface area contributed by atoms with Crippen LogP contribution in [-0.4, -0.2) is 0 Å². The standard InChI is InChI=1S/C31H33F3/c1-2-3-4-5-6-7-23-13-17-28(29(32)19-23)25-14-10-22(11-15-25)8-9-24-12-16-26-20-30(33)31(34)21-27(26)18-24/h12-13,16-22,25H,2-7,10-11,14-15H2,1H3. The molecule has 178 valence electrons. The van der Waals surface area contributed by atoms with Gasteiger partial charge in [-0.05, 0) is 96.7 Å². The van der Waals surface area contributed by atoms with Crippen LogP contribution in [0.1, 0.15) is 87.3 Å². The van der Waals surface area contributed by atoms with E-state index >= 15 is 0 Å². The molecule has 1 aliphatic carbocycles. The fourth-order valence-electron chi connectivity index (χ4n) is 5.04. The van der Waals surface area contributed by atoms with E-state index in [1.165, 1.54) is 37.8 Å². The molecule has 3 heteroatoms. The number of benzene rings is 3. The summed E-state index contributed by atoms with van der Waals surface area (Å²) in [6.45, 7) is 2.21. The summed E-state index contributed by atoms with van der Waals surface area (Å²) in [4.78, 5) is 0. The van der Waals surface area contributed by atoms with Gasteiger partial charge in [0, 0.05) is 11.5 Å². The lowest BCUT2D eigenvalue weighted by atomic mass is 9.78. The predicted octanol–water partition coefficient (Wildman–Crippen LogP) is 9.10. The molecule has 0 heterocycles. The lowest BCUT2D eigenvalue weighted by molar-refractivity contribution is 0.376. The van der Waals surface area contributed by atoms with Gasteiger partial charge in [0.15, 0.2) is 11.6 Å². The molecule has 0 radical (unpaired) electrons. The number of unbranched alkanes of at least 4 members (excludes halogenated alkanes) is 4. The summed E-state index contributed by atoms with van der Waals surface area (Å²) in [5.74, 6) is 5.36. The molecule has 34 heavy (non-hydrogen) atoms. The van der Waals surface area contributed by atoms with Gasteiger partial charge >= 0.3 is 0 Å². The van der Waals surface area contributed by atoms with Gasteiger partial charge in [0.05, 0.1) is 0 Å². The lowest BCUT2D eigenvalue weighted by Gasteiger charge is -2.26. The first-order valence-electron chi connectivity index (χ1n) is 12.7. The van der Waals surface area contributed by atoms with Crippen LogP contribution in [0.3, 0.4) is 0 Å². The number of fused-ring (bicyclic) bond motifs is 1. The number of hydrogen-bond acceptors (Lipinski definition) is 0. The Bertz CT molecular complexity index is 1180. The van der Waals surface area contributed by atoms with E-state index in [0.29, 0.717) is 10.8 Å². The van der Waals surface area contributed by atoms with E-state index in [-0.39, 0.29) is 17.7 Å². The maximum atomic E-state index is 14.8. The van der Waals surface area contributed by atoms with E-state index < -0.39 is 11.6 Å². The Labute approximate surface area is 201 Å². The van der Waals surface area contributed by atoms with Gasteiger partial charge in [-0.25, -0.2) is 13.2 Å². The van der Waals surface area contributed by atoms with Gasteiger partial charge in [0.1, 0.15) is 5.82 Å². The third-order valence-corrected chi connectivity index (χ3v) is 7.10. The van der Waals surface area contributed by atoms with Gasteiger partial charge in [-0.3, -0.25) is 0 Å². The van der Waals surface area contributed by atoms with Crippen LogP contribution in [0.25, 0.3) is 10.8 Å². The first-order chi connectivity index (χ1) is 16.5. The van der Waals surface area contributed by atoms with Crippen molar-refractivity contribution in [1.29, 1.82) is 0 Å². The molecule has 0 spiro atoms. The first-order valence-corrected chi connectivity index (χ1v) is 12.7. The average molecular weight is 463 g/mol. The van der Waals surface area contributed by atoms with Gasteiger partial charge in [-0.15, -0.1) is 0 Å². The number of rotatable bonds is 7. The molecule has 0 bridgehead atoms. The molecular weight excluding hydrogens is 429 g/mol. The molecule has 0 saturated heterocycles. The maximum Gasteiger partial charge on any atom is 0.159 e. The van der Waals surface area contributed by atoms with Crippen molar-refractivity contribution in [3.05, 3.63) is 82.7 Å². The molecule has 3 aromatic carbocycles. The molecule has 0 atom stereocenters. The highest BCUT2D eigenvalue weighted by atomic mass is 19.2. The Kier molecular flexibility index (Phi) is 8.33. The first kappa shape index (κ1) is 24.4. The lowest BCUT2D eigenvalue weighted by Crippen LogP contribution is -2.13. The van der Waals surface area contributed by atoms with E-state index in [2.05, 4.69) is 24.8 Å². The minimum atomic E-state index is -0.844. The van der Waals surface area contributed by atoms with Crippen molar-refractivity contribution in [2.45, 2.75) is 77.0 Å². The van der Waals surface area contributed by atoms with E-state index in [0.717, 1.165) is 55.2 Å². The largest absolute Gasteiger partial charge is 0.207 e. The van der Waals surface area contributed by atoms with Crippen LogP contribution >= 0.6 is 0 Å². The molecule has 1 aliphatic rings. The molecule has 0 N–H and O–H groups in total. The highest BCUT2D eigenvalue weighted by Crippen LogP contribution is 2.37. The fraction of sp³-hybridized carbons (Fsp3) is 0.419. The molecule has 0 aromatic heterocycles. The Morgan fingerprint density at radius 2 is 1.47 bits per heavy atom. The Morgan fingerprint density at radius 3 is 2.21 bits per heavy atom. The van der Waals surface area contributed by atoms with Crippen molar-refractivity contribution in [2.24, 2.45) is 5.92 Å². The Balaban J connectivity index is 1.32. The van der Waals surface area contributed by atoms with Crippen LogP contribution in [0.4, 0.5) is 13.2 Å². The molecule has 3 aromatic rings. The molecule has 1 saturated carbocycles. The molecular formula is C31H33F3. The summed E-state index contributed by atoms with van der Waals surface area (Å²) in [5.41, 5.74) is 2.76. The van der Waals surface area contributed by atoms with Gasteiger partial charge in [0.2, 0.25) is 0 Å². The summed E-state index contributed by atoms with van der Waals surface area (Å²) in [6.07, 6.45) is 10.9. The zero-order valence-electron chi connectivity index (χ0n) is 20.0. The minimum absolute atomic E-state index is 0.0552. The van der Waals surface area contributed by atoms with Crippen LogP contribution in [-0.2, 0) is 6.42 Å². The van der Waals surface area contributed by atoms with Gasteiger partial charge in [-0.1, -0.05) is 62.6 Å². The highest BCUT2D eigenvalue weighted by molar-refractivity contribution is 5.84. The third-order valence-electron chi connectivity index (χ3n) is 7.10. The van der Waals surface area contributed by atoms with Crippen molar-refractivity contribution in [2.75, 3.05) is 0 Å². The van der Waals surface area contributed by atoms with Gasteiger partial charge < -0.3 is 0 Å². The minimum Gasteiger partial charge on any atom is -0.207 e.